The van der Waals surface area contributed by atoms with Crippen LogP contribution in [0.5, 0.6) is 0 Å². The van der Waals surface area contributed by atoms with Crippen molar-refractivity contribution in [3.63, 3.8) is 0 Å². The molecule has 0 unspecified atom stereocenters. The maximum absolute atomic E-state index is 4.26. The zero-order chi connectivity index (χ0) is 9.52. The third-order valence-corrected chi connectivity index (χ3v) is 2.21. The Labute approximate surface area is 80.4 Å². The summed E-state index contributed by atoms with van der Waals surface area (Å²) in [6.07, 6.45) is 4.05. The predicted molar refractivity (Wildman–Crippen MR) is 55.7 cm³/mol. The molecule has 0 aliphatic carbocycles. The Morgan fingerprint density at radius 1 is 1.46 bits per heavy atom. The number of nitrogens with one attached hydrogen (secondary N) is 1. The Bertz CT molecular complexity index is 221. The van der Waals surface area contributed by atoms with Gasteiger partial charge in [0.15, 0.2) is 0 Å². The molecule has 1 heterocycles. The van der Waals surface area contributed by atoms with Crippen LogP contribution < -0.4 is 5.32 Å². The van der Waals surface area contributed by atoms with Crippen LogP contribution in [0.2, 0.25) is 0 Å². The van der Waals surface area contributed by atoms with Crippen LogP contribution in [-0.2, 0) is 6.42 Å². The molecule has 1 aromatic rings. The molecular formula is C11H18N2. The second kappa shape index (κ2) is 5.70. The van der Waals surface area contributed by atoms with E-state index in [1.165, 1.54) is 12.1 Å². The first-order chi connectivity index (χ1) is 6.33. The van der Waals surface area contributed by atoms with Gasteiger partial charge in [0.1, 0.15) is 0 Å². The van der Waals surface area contributed by atoms with E-state index in [9.17, 15) is 0 Å². The molecule has 13 heavy (non-hydrogen) atoms. The third kappa shape index (κ3) is 4.04. The largest absolute Gasteiger partial charge is 0.314 e. The van der Waals surface area contributed by atoms with Gasteiger partial charge in [0, 0.05) is 30.9 Å². The van der Waals surface area contributed by atoms with Gasteiger partial charge in [0.05, 0.1) is 0 Å². The molecule has 0 bridgehead atoms. The summed E-state index contributed by atoms with van der Waals surface area (Å²) in [7, 11) is 0. The summed E-state index contributed by atoms with van der Waals surface area (Å²) in [5.41, 5.74) is 1.17. The minimum atomic E-state index is 0.615. The molecule has 0 aliphatic rings. The number of nitrogens with zero attached hydrogens (tertiary/aromatic N) is 1. The minimum Gasteiger partial charge on any atom is -0.314 e. The van der Waals surface area contributed by atoms with Gasteiger partial charge in [0.2, 0.25) is 0 Å². The first kappa shape index (κ1) is 10.2. The van der Waals surface area contributed by atoms with Crippen LogP contribution >= 0.6 is 0 Å². The van der Waals surface area contributed by atoms with E-state index in [1.807, 2.05) is 18.3 Å². The fourth-order valence-electron chi connectivity index (χ4n) is 1.14. The summed E-state index contributed by atoms with van der Waals surface area (Å²) in [5, 5.41) is 3.44. The van der Waals surface area contributed by atoms with Gasteiger partial charge < -0.3 is 5.32 Å². The van der Waals surface area contributed by atoms with Gasteiger partial charge in [0.25, 0.3) is 0 Å². The van der Waals surface area contributed by atoms with Gasteiger partial charge in [-0.05, 0) is 25.5 Å². The lowest BCUT2D eigenvalue weighted by Crippen LogP contribution is -2.27. The zero-order valence-electron chi connectivity index (χ0n) is 8.46. The summed E-state index contributed by atoms with van der Waals surface area (Å²) < 4.78 is 0. The second-order valence-corrected chi connectivity index (χ2v) is 3.33. The maximum Gasteiger partial charge on any atom is 0.0416 e. The van der Waals surface area contributed by atoms with Gasteiger partial charge in [-0.15, -0.1) is 0 Å². The summed E-state index contributed by atoms with van der Waals surface area (Å²) in [4.78, 5) is 4.26. The van der Waals surface area contributed by atoms with Crippen molar-refractivity contribution in [1.82, 2.24) is 10.3 Å². The Morgan fingerprint density at radius 3 is 2.92 bits per heavy atom. The van der Waals surface area contributed by atoms with Gasteiger partial charge in [-0.3, -0.25) is 4.98 Å². The average molecular weight is 178 g/mol. The fourth-order valence-corrected chi connectivity index (χ4v) is 1.14. The van der Waals surface area contributed by atoms with Crippen LogP contribution in [0, 0.1) is 0 Å². The standard InChI is InChI=1S/C11H18N2/c1-3-10(2)12-9-7-11-6-4-5-8-13-11/h4-6,8,10,12H,3,7,9H2,1-2H3/t10-/m0/s1. The lowest BCUT2D eigenvalue weighted by molar-refractivity contribution is 0.535. The van der Waals surface area contributed by atoms with Crippen molar-refractivity contribution in [2.75, 3.05) is 6.54 Å². The Hall–Kier alpha value is -0.890. The van der Waals surface area contributed by atoms with E-state index in [0.29, 0.717) is 6.04 Å². The molecule has 1 atom stereocenters. The van der Waals surface area contributed by atoms with Gasteiger partial charge >= 0.3 is 0 Å². The monoisotopic (exact) mass is 178 g/mol. The van der Waals surface area contributed by atoms with Crippen molar-refractivity contribution in [2.45, 2.75) is 32.7 Å². The van der Waals surface area contributed by atoms with Gasteiger partial charge in [-0.1, -0.05) is 13.0 Å². The molecule has 0 spiro atoms. The summed E-state index contributed by atoms with van der Waals surface area (Å²) in [6.45, 7) is 5.42. The van der Waals surface area contributed by atoms with Crippen molar-refractivity contribution in [3.8, 4) is 0 Å². The van der Waals surface area contributed by atoms with Gasteiger partial charge in [-0.25, -0.2) is 0 Å². The number of hydrogen-bond acceptors (Lipinski definition) is 2. The van der Waals surface area contributed by atoms with Crippen LogP contribution in [-0.4, -0.2) is 17.6 Å². The molecule has 0 saturated heterocycles. The molecule has 2 heteroatoms. The van der Waals surface area contributed by atoms with Crippen LogP contribution in [0.4, 0.5) is 0 Å². The molecule has 0 radical (unpaired) electrons. The van der Waals surface area contributed by atoms with Crippen molar-refractivity contribution in [2.24, 2.45) is 0 Å². The smallest absolute Gasteiger partial charge is 0.0416 e. The quantitative estimate of drug-likeness (QED) is 0.746. The number of pyridine rings is 1. The summed E-state index contributed by atoms with van der Waals surface area (Å²) >= 11 is 0. The number of rotatable bonds is 5. The van der Waals surface area contributed by atoms with Crippen LogP contribution in [0.3, 0.4) is 0 Å². The van der Waals surface area contributed by atoms with E-state index in [2.05, 4.69) is 30.2 Å². The highest BCUT2D eigenvalue weighted by molar-refractivity contribution is 5.03. The van der Waals surface area contributed by atoms with Crippen molar-refractivity contribution in [3.05, 3.63) is 30.1 Å². The zero-order valence-corrected chi connectivity index (χ0v) is 8.46. The van der Waals surface area contributed by atoms with Crippen molar-refractivity contribution < 1.29 is 0 Å². The highest BCUT2D eigenvalue weighted by Crippen LogP contribution is 1.94. The molecule has 1 aromatic heterocycles. The lowest BCUT2D eigenvalue weighted by atomic mass is 10.2. The molecule has 0 aliphatic heterocycles. The molecule has 0 saturated carbocycles. The molecule has 0 aromatic carbocycles. The second-order valence-electron chi connectivity index (χ2n) is 3.33. The topological polar surface area (TPSA) is 24.9 Å². The van der Waals surface area contributed by atoms with Gasteiger partial charge in [-0.2, -0.15) is 0 Å². The third-order valence-electron chi connectivity index (χ3n) is 2.21. The molecule has 72 valence electrons. The lowest BCUT2D eigenvalue weighted by Gasteiger charge is -2.10. The van der Waals surface area contributed by atoms with Crippen molar-refractivity contribution >= 4 is 0 Å². The highest BCUT2D eigenvalue weighted by atomic mass is 14.9. The number of aromatic nitrogens is 1. The first-order valence-corrected chi connectivity index (χ1v) is 4.96. The summed E-state index contributed by atoms with van der Waals surface area (Å²) in [6, 6.07) is 6.67. The molecule has 0 amide bonds. The highest BCUT2D eigenvalue weighted by Gasteiger charge is 1.97. The van der Waals surface area contributed by atoms with E-state index < -0.39 is 0 Å². The van der Waals surface area contributed by atoms with Crippen molar-refractivity contribution in [1.29, 1.82) is 0 Å². The number of hydrogen-bond donors (Lipinski definition) is 1. The minimum absolute atomic E-state index is 0.615. The van der Waals surface area contributed by atoms with E-state index in [1.54, 1.807) is 0 Å². The Kier molecular flexibility index (Phi) is 4.47. The van der Waals surface area contributed by atoms with E-state index in [4.69, 9.17) is 0 Å². The van der Waals surface area contributed by atoms with Crippen LogP contribution in [0.25, 0.3) is 0 Å². The molecule has 1 N–H and O–H groups in total. The first-order valence-electron chi connectivity index (χ1n) is 4.96. The Balaban J connectivity index is 2.20. The molecule has 0 fully saturated rings. The van der Waals surface area contributed by atoms with Crippen LogP contribution in [0.1, 0.15) is 26.0 Å². The Morgan fingerprint density at radius 2 is 2.31 bits per heavy atom. The van der Waals surface area contributed by atoms with E-state index >= 15 is 0 Å². The average Bonchev–Trinajstić information content (AvgIpc) is 2.19. The molecular weight excluding hydrogens is 160 g/mol. The SMILES string of the molecule is CC[C@H](C)NCCc1ccccn1. The molecule has 2 nitrogen and oxygen atoms in total. The molecule has 1 rings (SSSR count). The van der Waals surface area contributed by atoms with Crippen LogP contribution in [0.15, 0.2) is 24.4 Å². The summed E-state index contributed by atoms with van der Waals surface area (Å²) in [5.74, 6) is 0. The normalized spacial score (nSPS) is 12.8. The predicted octanol–water partition coefficient (Wildman–Crippen LogP) is 2.01. The fraction of sp³-hybridized carbons (Fsp3) is 0.545. The van der Waals surface area contributed by atoms with E-state index in [-0.39, 0.29) is 0 Å². The maximum atomic E-state index is 4.26. The van der Waals surface area contributed by atoms with E-state index in [0.717, 1.165) is 13.0 Å².